The summed E-state index contributed by atoms with van der Waals surface area (Å²) in [5.41, 5.74) is 0. The van der Waals surface area contributed by atoms with Crippen LogP contribution in [0.3, 0.4) is 0 Å². The van der Waals surface area contributed by atoms with E-state index in [1.54, 1.807) is 14.1 Å². The first kappa shape index (κ1) is 12.2. The van der Waals surface area contributed by atoms with Gasteiger partial charge in [0.1, 0.15) is 0 Å². The molecule has 0 fully saturated rings. The number of rotatable bonds is 5. The number of nitrogens with zero attached hydrogens (tertiary/aromatic N) is 1. The van der Waals surface area contributed by atoms with E-state index in [2.05, 4.69) is 19.2 Å². The minimum Gasteiger partial charge on any atom is -0.449 e. The zero-order chi connectivity index (χ0) is 10.3. The van der Waals surface area contributed by atoms with Crippen molar-refractivity contribution in [3.63, 3.8) is 0 Å². The Bertz CT molecular complexity index is 147. The molecular weight excluding hydrogens is 168 g/mol. The van der Waals surface area contributed by atoms with Gasteiger partial charge in [0.15, 0.2) is 0 Å². The Labute approximate surface area is 80.2 Å². The van der Waals surface area contributed by atoms with E-state index < -0.39 is 0 Å². The van der Waals surface area contributed by atoms with Gasteiger partial charge in [0, 0.05) is 20.1 Å². The molecule has 1 N–H and O–H groups in total. The predicted octanol–water partition coefficient (Wildman–Crippen LogP) is 1.07. The normalized spacial score (nSPS) is 10.2. The molecule has 0 heterocycles. The molecule has 0 radical (unpaired) electrons. The molecule has 0 aliphatic carbocycles. The van der Waals surface area contributed by atoms with Crippen LogP contribution < -0.4 is 5.32 Å². The van der Waals surface area contributed by atoms with E-state index in [-0.39, 0.29) is 6.09 Å². The van der Waals surface area contributed by atoms with Gasteiger partial charge >= 0.3 is 6.09 Å². The lowest BCUT2D eigenvalue weighted by atomic mass is 10.3. The van der Waals surface area contributed by atoms with Gasteiger partial charge in [-0.25, -0.2) is 4.79 Å². The number of carbonyl (C=O) groups is 1. The van der Waals surface area contributed by atoms with Crippen LogP contribution in [-0.2, 0) is 4.74 Å². The summed E-state index contributed by atoms with van der Waals surface area (Å²) in [5.74, 6) is 0. The van der Waals surface area contributed by atoms with Crippen molar-refractivity contribution >= 4 is 6.09 Å². The number of hydrogen-bond acceptors (Lipinski definition) is 3. The molecule has 78 valence electrons. The van der Waals surface area contributed by atoms with Gasteiger partial charge in [-0.15, -0.1) is 0 Å². The van der Waals surface area contributed by atoms with E-state index in [4.69, 9.17) is 4.74 Å². The molecule has 0 rings (SSSR count). The fraction of sp³-hybridized carbons (Fsp3) is 0.889. The van der Waals surface area contributed by atoms with Crippen LogP contribution in [0.5, 0.6) is 0 Å². The minimum atomic E-state index is -0.274. The maximum absolute atomic E-state index is 10.9. The summed E-state index contributed by atoms with van der Waals surface area (Å²) in [5, 5.41) is 3.24. The molecule has 0 saturated carbocycles. The molecule has 0 aromatic heterocycles. The van der Waals surface area contributed by atoms with Gasteiger partial charge in [-0.1, -0.05) is 13.8 Å². The van der Waals surface area contributed by atoms with Crippen LogP contribution in [0.4, 0.5) is 4.79 Å². The molecule has 4 heteroatoms. The summed E-state index contributed by atoms with van der Waals surface area (Å²) in [6.07, 6.45) is 0.585. The van der Waals surface area contributed by atoms with E-state index in [1.165, 1.54) is 4.90 Å². The van der Waals surface area contributed by atoms with Crippen LogP contribution in [0, 0.1) is 0 Å². The monoisotopic (exact) mass is 188 g/mol. The maximum Gasteiger partial charge on any atom is 0.409 e. The minimum absolute atomic E-state index is 0.274. The largest absolute Gasteiger partial charge is 0.449 e. The highest BCUT2D eigenvalue weighted by atomic mass is 16.6. The third-order valence-corrected chi connectivity index (χ3v) is 1.46. The first-order chi connectivity index (χ1) is 6.04. The molecule has 0 atom stereocenters. The zero-order valence-corrected chi connectivity index (χ0v) is 8.96. The van der Waals surface area contributed by atoms with Crippen molar-refractivity contribution in [3.05, 3.63) is 0 Å². The van der Waals surface area contributed by atoms with Crippen molar-refractivity contribution < 1.29 is 9.53 Å². The van der Waals surface area contributed by atoms with Gasteiger partial charge in [0.2, 0.25) is 0 Å². The van der Waals surface area contributed by atoms with Crippen molar-refractivity contribution in [2.45, 2.75) is 26.3 Å². The zero-order valence-electron chi connectivity index (χ0n) is 8.96. The highest BCUT2D eigenvalue weighted by molar-refractivity contribution is 5.66. The van der Waals surface area contributed by atoms with Crippen molar-refractivity contribution in [2.24, 2.45) is 0 Å². The first-order valence-corrected chi connectivity index (χ1v) is 4.61. The quantitative estimate of drug-likeness (QED) is 0.656. The van der Waals surface area contributed by atoms with Crippen LogP contribution >= 0.6 is 0 Å². The van der Waals surface area contributed by atoms with Crippen LogP contribution in [0.15, 0.2) is 0 Å². The second kappa shape index (κ2) is 6.71. The van der Waals surface area contributed by atoms with Crippen LogP contribution in [0.2, 0.25) is 0 Å². The van der Waals surface area contributed by atoms with Crippen LogP contribution in [0.25, 0.3) is 0 Å². The number of ether oxygens (including phenoxy) is 1. The summed E-state index contributed by atoms with van der Waals surface area (Å²) in [7, 11) is 3.35. The van der Waals surface area contributed by atoms with Crippen LogP contribution in [-0.4, -0.2) is 44.3 Å². The fourth-order valence-corrected chi connectivity index (χ4v) is 0.751. The molecule has 0 aliphatic heterocycles. The van der Waals surface area contributed by atoms with E-state index in [0.29, 0.717) is 12.6 Å². The average molecular weight is 188 g/mol. The average Bonchev–Trinajstić information content (AvgIpc) is 2.02. The number of carbonyl (C=O) groups excluding carboxylic acids is 1. The van der Waals surface area contributed by atoms with E-state index in [9.17, 15) is 4.79 Å². The lowest BCUT2D eigenvalue weighted by molar-refractivity contribution is 0.117. The van der Waals surface area contributed by atoms with E-state index >= 15 is 0 Å². The molecule has 0 saturated heterocycles. The van der Waals surface area contributed by atoms with E-state index in [0.717, 1.165) is 13.0 Å². The molecule has 0 unspecified atom stereocenters. The topological polar surface area (TPSA) is 41.6 Å². The third kappa shape index (κ3) is 7.59. The number of amides is 1. The lowest BCUT2D eigenvalue weighted by Crippen LogP contribution is -2.27. The highest BCUT2D eigenvalue weighted by Gasteiger charge is 2.02. The number of hydrogen-bond donors (Lipinski definition) is 1. The molecule has 0 aromatic carbocycles. The van der Waals surface area contributed by atoms with E-state index in [1.807, 2.05) is 0 Å². The Kier molecular flexibility index (Phi) is 6.32. The standard InChI is InChI=1S/C9H20N2O2/c1-8(2)10-6-5-7-13-9(12)11(3)4/h8,10H,5-7H2,1-4H3. The molecule has 0 spiro atoms. The maximum atomic E-state index is 10.9. The Morgan fingerprint density at radius 1 is 1.46 bits per heavy atom. The SMILES string of the molecule is CC(C)NCCCOC(=O)N(C)C. The van der Waals surface area contributed by atoms with Gasteiger partial charge in [-0.3, -0.25) is 0 Å². The third-order valence-electron chi connectivity index (χ3n) is 1.46. The molecular formula is C9H20N2O2. The Morgan fingerprint density at radius 3 is 2.54 bits per heavy atom. The summed E-state index contributed by atoms with van der Waals surface area (Å²) in [6.45, 7) is 5.55. The Morgan fingerprint density at radius 2 is 2.08 bits per heavy atom. The van der Waals surface area contributed by atoms with Crippen molar-refractivity contribution in [2.75, 3.05) is 27.2 Å². The summed E-state index contributed by atoms with van der Waals surface area (Å²) in [4.78, 5) is 12.3. The van der Waals surface area contributed by atoms with Crippen molar-refractivity contribution in [3.8, 4) is 0 Å². The highest BCUT2D eigenvalue weighted by Crippen LogP contribution is 1.88. The van der Waals surface area contributed by atoms with Gasteiger partial charge in [0.05, 0.1) is 6.61 Å². The lowest BCUT2D eigenvalue weighted by Gasteiger charge is -2.11. The van der Waals surface area contributed by atoms with Gasteiger partial charge in [0.25, 0.3) is 0 Å². The molecule has 4 nitrogen and oxygen atoms in total. The molecule has 1 amide bonds. The Hall–Kier alpha value is -0.770. The second-order valence-electron chi connectivity index (χ2n) is 3.47. The summed E-state index contributed by atoms with van der Waals surface area (Å²) >= 11 is 0. The van der Waals surface area contributed by atoms with Gasteiger partial charge in [-0.2, -0.15) is 0 Å². The second-order valence-corrected chi connectivity index (χ2v) is 3.47. The van der Waals surface area contributed by atoms with Gasteiger partial charge in [-0.05, 0) is 13.0 Å². The van der Waals surface area contributed by atoms with Gasteiger partial charge < -0.3 is 15.0 Å². The summed E-state index contributed by atoms with van der Waals surface area (Å²) in [6, 6.07) is 0.490. The molecule has 13 heavy (non-hydrogen) atoms. The smallest absolute Gasteiger partial charge is 0.409 e. The molecule has 0 bridgehead atoms. The number of nitrogens with one attached hydrogen (secondary N) is 1. The first-order valence-electron chi connectivity index (χ1n) is 4.61. The predicted molar refractivity (Wildman–Crippen MR) is 52.8 cm³/mol. The Balaban J connectivity index is 3.21. The fourth-order valence-electron chi connectivity index (χ4n) is 0.751. The van der Waals surface area contributed by atoms with Crippen molar-refractivity contribution in [1.29, 1.82) is 0 Å². The molecule has 0 aromatic rings. The molecule has 0 aliphatic rings. The van der Waals surface area contributed by atoms with Crippen LogP contribution in [0.1, 0.15) is 20.3 Å². The summed E-state index contributed by atoms with van der Waals surface area (Å²) < 4.78 is 4.93. The van der Waals surface area contributed by atoms with Crippen molar-refractivity contribution in [1.82, 2.24) is 10.2 Å².